The van der Waals surface area contributed by atoms with Gasteiger partial charge in [0, 0.05) is 5.69 Å². The maximum absolute atomic E-state index is 11.8. The summed E-state index contributed by atoms with van der Waals surface area (Å²) in [4.78, 5) is 11.8. The first kappa shape index (κ1) is 11.3. The smallest absolute Gasteiger partial charge is 0.260 e. The van der Waals surface area contributed by atoms with Crippen molar-refractivity contribution >= 4 is 11.6 Å². The van der Waals surface area contributed by atoms with E-state index in [1.54, 1.807) is 31.2 Å². The van der Waals surface area contributed by atoms with Crippen LogP contribution >= 0.6 is 0 Å². The Balaban J connectivity index is 2.10. The molecule has 0 unspecified atom stereocenters. The number of carbonyl (C=O) groups excluding carboxylic acids is 1. The minimum Gasteiger partial charge on any atom is -0.392 e. The van der Waals surface area contributed by atoms with Gasteiger partial charge in [0.1, 0.15) is 11.3 Å². The van der Waals surface area contributed by atoms with Crippen molar-refractivity contribution < 1.29 is 14.4 Å². The lowest BCUT2D eigenvalue weighted by Crippen LogP contribution is -2.12. The van der Waals surface area contributed by atoms with Crippen molar-refractivity contribution in [1.82, 2.24) is 5.16 Å². The van der Waals surface area contributed by atoms with Crippen LogP contribution in [0, 0.1) is 6.92 Å². The molecule has 5 nitrogen and oxygen atoms in total. The van der Waals surface area contributed by atoms with E-state index in [1.165, 1.54) is 6.20 Å². The summed E-state index contributed by atoms with van der Waals surface area (Å²) >= 11 is 0. The fraction of sp³-hybridized carbons (Fsp3) is 0.167. The quantitative estimate of drug-likeness (QED) is 0.845. The molecule has 0 aliphatic heterocycles. The zero-order valence-electron chi connectivity index (χ0n) is 9.30. The van der Waals surface area contributed by atoms with Crippen molar-refractivity contribution in [3.63, 3.8) is 0 Å². The third kappa shape index (κ3) is 2.51. The van der Waals surface area contributed by atoms with E-state index >= 15 is 0 Å². The van der Waals surface area contributed by atoms with Gasteiger partial charge in [-0.05, 0) is 24.6 Å². The van der Waals surface area contributed by atoms with Gasteiger partial charge in [-0.1, -0.05) is 17.3 Å². The van der Waals surface area contributed by atoms with E-state index < -0.39 is 0 Å². The van der Waals surface area contributed by atoms with Gasteiger partial charge in [-0.15, -0.1) is 0 Å². The molecule has 0 fully saturated rings. The fourth-order valence-corrected chi connectivity index (χ4v) is 1.41. The molecule has 2 aromatic rings. The van der Waals surface area contributed by atoms with Gasteiger partial charge in [0.25, 0.3) is 5.91 Å². The van der Waals surface area contributed by atoms with Crippen LogP contribution in [0.5, 0.6) is 0 Å². The second kappa shape index (κ2) is 4.80. The molecule has 1 aromatic heterocycles. The fourth-order valence-electron chi connectivity index (χ4n) is 1.41. The van der Waals surface area contributed by atoms with Crippen molar-refractivity contribution in [2.75, 3.05) is 5.32 Å². The van der Waals surface area contributed by atoms with Gasteiger partial charge in [0.15, 0.2) is 0 Å². The number of aliphatic hydroxyl groups excluding tert-OH is 1. The van der Waals surface area contributed by atoms with E-state index in [-0.39, 0.29) is 12.5 Å². The summed E-state index contributed by atoms with van der Waals surface area (Å²) in [7, 11) is 0. The Labute approximate surface area is 98.1 Å². The molecule has 1 heterocycles. The number of benzene rings is 1. The van der Waals surface area contributed by atoms with Crippen molar-refractivity contribution in [2.45, 2.75) is 13.5 Å². The Kier molecular flexibility index (Phi) is 3.20. The van der Waals surface area contributed by atoms with Crippen LogP contribution in [-0.4, -0.2) is 16.2 Å². The largest absolute Gasteiger partial charge is 0.392 e. The third-order valence-corrected chi connectivity index (χ3v) is 2.39. The molecule has 5 heteroatoms. The number of nitrogens with zero attached hydrogens (tertiary/aromatic N) is 1. The minimum atomic E-state index is -0.263. The van der Waals surface area contributed by atoms with Crippen molar-refractivity contribution in [2.24, 2.45) is 0 Å². The lowest BCUT2D eigenvalue weighted by atomic mass is 10.2. The predicted molar refractivity (Wildman–Crippen MR) is 61.6 cm³/mol. The number of nitrogens with one attached hydrogen (secondary N) is 1. The van der Waals surface area contributed by atoms with Gasteiger partial charge in [-0.3, -0.25) is 4.79 Å². The number of hydrogen-bond donors (Lipinski definition) is 2. The van der Waals surface area contributed by atoms with Crippen LogP contribution in [0.1, 0.15) is 21.7 Å². The SMILES string of the molecule is Cc1oncc1C(=O)Nc1ccc(CO)cc1. The second-order valence-electron chi connectivity index (χ2n) is 3.60. The average Bonchev–Trinajstić information content (AvgIpc) is 2.76. The molecule has 1 amide bonds. The summed E-state index contributed by atoms with van der Waals surface area (Å²) in [5.74, 6) is 0.218. The molecule has 88 valence electrons. The number of amides is 1. The van der Waals surface area contributed by atoms with Gasteiger partial charge in [0.2, 0.25) is 0 Å². The van der Waals surface area contributed by atoms with Gasteiger partial charge >= 0.3 is 0 Å². The number of carbonyl (C=O) groups is 1. The normalized spacial score (nSPS) is 10.2. The van der Waals surface area contributed by atoms with Crippen LogP contribution in [0.15, 0.2) is 35.0 Å². The lowest BCUT2D eigenvalue weighted by molar-refractivity contribution is 0.102. The van der Waals surface area contributed by atoms with Crippen LogP contribution in [0.25, 0.3) is 0 Å². The van der Waals surface area contributed by atoms with E-state index in [9.17, 15) is 4.79 Å². The van der Waals surface area contributed by atoms with Crippen LogP contribution in [-0.2, 0) is 6.61 Å². The number of anilines is 1. The summed E-state index contributed by atoms with van der Waals surface area (Å²) in [6.45, 7) is 1.66. The molecule has 1 aromatic carbocycles. The van der Waals surface area contributed by atoms with Crippen LogP contribution < -0.4 is 5.32 Å². The van der Waals surface area contributed by atoms with E-state index in [1.807, 2.05) is 0 Å². The monoisotopic (exact) mass is 232 g/mol. The standard InChI is InChI=1S/C12H12N2O3/c1-8-11(6-13-17-8)12(16)14-10-4-2-9(7-15)3-5-10/h2-6,15H,7H2,1H3,(H,14,16). The number of rotatable bonds is 3. The summed E-state index contributed by atoms with van der Waals surface area (Å²) in [5, 5.41) is 15.1. The zero-order chi connectivity index (χ0) is 12.3. The van der Waals surface area contributed by atoms with Crippen LogP contribution in [0.3, 0.4) is 0 Å². The molecule has 2 rings (SSSR count). The minimum absolute atomic E-state index is 0.0149. The number of aryl methyl sites for hydroxylation is 1. The molecule has 0 saturated carbocycles. The Morgan fingerprint density at radius 2 is 2.12 bits per heavy atom. The van der Waals surface area contributed by atoms with Crippen LogP contribution in [0.4, 0.5) is 5.69 Å². The molecule has 0 atom stereocenters. The molecule has 0 bridgehead atoms. The lowest BCUT2D eigenvalue weighted by Gasteiger charge is -2.04. The van der Waals surface area contributed by atoms with Crippen molar-refractivity contribution in [3.05, 3.63) is 47.3 Å². The van der Waals surface area contributed by atoms with E-state index in [0.717, 1.165) is 5.56 Å². The molecule has 0 aliphatic rings. The first-order valence-electron chi connectivity index (χ1n) is 5.13. The van der Waals surface area contributed by atoms with Gasteiger partial charge in [-0.2, -0.15) is 0 Å². The topological polar surface area (TPSA) is 75.4 Å². The number of hydrogen-bond acceptors (Lipinski definition) is 4. The highest BCUT2D eigenvalue weighted by molar-refractivity contribution is 6.04. The van der Waals surface area contributed by atoms with Gasteiger partial charge in [-0.25, -0.2) is 0 Å². The first-order valence-corrected chi connectivity index (χ1v) is 5.13. The summed E-state index contributed by atoms with van der Waals surface area (Å²) in [5.41, 5.74) is 1.87. The number of aromatic nitrogens is 1. The van der Waals surface area contributed by atoms with E-state index in [2.05, 4.69) is 10.5 Å². The third-order valence-electron chi connectivity index (χ3n) is 2.39. The molecule has 2 N–H and O–H groups in total. The summed E-state index contributed by atoms with van der Waals surface area (Å²) in [6.07, 6.45) is 1.38. The summed E-state index contributed by atoms with van der Waals surface area (Å²) in [6, 6.07) is 6.95. The molecule has 0 aliphatic carbocycles. The Morgan fingerprint density at radius 3 is 2.65 bits per heavy atom. The van der Waals surface area contributed by atoms with Gasteiger partial charge < -0.3 is 14.9 Å². The molecular formula is C12H12N2O3. The molecular weight excluding hydrogens is 220 g/mol. The average molecular weight is 232 g/mol. The van der Waals surface area contributed by atoms with Gasteiger partial charge in [0.05, 0.1) is 12.8 Å². The van der Waals surface area contributed by atoms with Crippen LogP contribution in [0.2, 0.25) is 0 Å². The highest BCUT2D eigenvalue weighted by atomic mass is 16.5. The van der Waals surface area contributed by atoms with E-state index in [4.69, 9.17) is 9.63 Å². The maximum atomic E-state index is 11.8. The Hall–Kier alpha value is -2.14. The molecule has 0 radical (unpaired) electrons. The van der Waals surface area contributed by atoms with Crippen molar-refractivity contribution in [3.8, 4) is 0 Å². The number of aliphatic hydroxyl groups is 1. The second-order valence-corrected chi connectivity index (χ2v) is 3.60. The van der Waals surface area contributed by atoms with E-state index in [0.29, 0.717) is 17.0 Å². The maximum Gasteiger partial charge on any atom is 0.260 e. The van der Waals surface area contributed by atoms with Crippen molar-refractivity contribution in [1.29, 1.82) is 0 Å². The first-order chi connectivity index (χ1) is 8.20. The molecule has 0 saturated heterocycles. The zero-order valence-corrected chi connectivity index (χ0v) is 9.30. The molecule has 0 spiro atoms. The summed E-state index contributed by atoms with van der Waals surface area (Å²) < 4.78 is 4.82. The highest BCUT2D eigenvalue weighted by Gasteiger charge is 2.12. The predicted octanol–water partition coefficient (Wildman–Crippen LogP) is 1.73. The highest BCUT2D eigenvalue weighted by Crippen LogP contribution is 2.13. The Morgan fingerprint density at radius 1 is 1.41 bits per heavy atom. The Bertz CT molecular complexity index is 517. The molecule has 17 heavy (non-hydrogen) atoms.